The van der Waals surface area contributed by atoms with E-state index in [2.05, 4.69) is 4.90 Å². The van der Waals surface area contributed by atoms with E-state index in [0.717, 1.165) is 24.4 Å². The first-order valence-corrected chi connectivity index (χ1v) is 8.22. The summed E-state index contributed by atoms with van der Waals surface area (Å²) >= 11 is 0. The van der Waals surface area contributed by atoms with Crippen LogP contribution < -0.4 is 4.74 Å². The number of benzene rings is 1. The highest BCUT2D eigenvalue weighted by molar-refractivity contribution is 5.81. The molecule has 5 nitrogen and oxygen atoms in total. The highest BCUT2D eigenvalue weighted by atomic mass is 16.5. The molecular formula is C18H28N2O3. The summed E-state index contributed by atoms with van der Waals surface area (Å²) in [6.45, 7) is 10.9. The van der Waals surface area contributed by atoms with E-state index in [1.54, 1.807) is 6.92 Å². The number of para-hydroxylation sites is 1. The quantitative estimate of drug-likeness (QED) is 0.897. The maximum Gasteiger partial charge on any atom is 0.263 e. The summed E-state index contributed by atoms with van der Waals surface area (Å²) in [5.74, 6) is 0.783. The van der Waals surface area contributed by atoms with Gasteiger partial charge >= 0.3 is 0 Å². The predicted molar refractivity (Wildman–Crippen MR) is 90.6 cm³/mol. The van der Waals surface area contributed by atoms with Gasteiger partial charge in [-0.05, 0) is 39.3 Å². The Morgan fingerprint density at radius 1 is 1.26 bits per heavy atom. The SMILES string of the molecule is Cc1ccccc1OC(C)C(=O)N1CCN(CC(C)(C)O)CC1. The molecule has 5 heteroatoms. The van der Waals surface area contributed by atoms with Gasteiger partial charge in [0.15, 0.2) is 6.10 Å². The molecule has 0 saturated carbocycles. The predicted octanol–water partition coefficient (Wildman–Crippen LogP) is 1.68. The first-order valence-electron chi connectivity index (χ1n) is 8.22. The maximum absolute atomic E-state index is 12.5. The Kier molecular flexibility index (Phi) is 5.65. The van der Waals surface area contributed by atoms with Gasteiger partial charge in [0.05, 0.1) is 5.60 Å². The lowest BCUT2D eigenvalue weighted by Gasteiger charge is -2.38. The molecule has 1 aliphatic heterocycles. The van der Waals surface area contributed by atoms with Crippen LogP contribution in [-0.4, -0.2) is 65.2 Å². The van der Waals surface area contributed by atoms with Gasteiger partial charge in [-0.15, -0.1) is 0 Å². The van der Waals surface area contributed by atoms with Gasteiger partial charge < -0.3 is 14.7 Å². The summed E-state index contributed by atoms with van der Waals surface area (Å²) in [4.78, 5) is 16.6. The average molecular weight is 320 g/mol. The molecule has 128 valence electrons. The number of aliphatic hydroxyl groups is 1. The monoisotopic (exact) mass is 320 g/mol. The molecule has 1 fully saturated rings. The molecule has 0 bridgehead atoms. The van der Waals surface area contributed by atoms with Gasteiger partial charge in [-0.1, -0.05) is 18.2 Å². The van der Waals surface area contributed by atoms with Gasteiger partial charge in [-0.25, -0.2) is 0 Å². The number of carbonyl (C=O) groups is 1. The summed E-state index contributed by atoms with van der Waals surface area (Å²) in [6.07, 6.45) is -0.489. The van der Waals surface area contributed by atoms with Gasteiger partial charge in [0.2, 0.25) is 0 Å². The van der Waals surface area contributed by atoms with Crippen LogP contribution in [0.15, 0.2) is 24.3 Å². The van der Waals surface area contributed by atoms with Crippen molar-refractivity contribution in [3.63, 3.8) is 0 Å². The summed E-state index contributed by atoms with van der Waals surface area (Å²) in [7, 11) is 0. The second-order valence-corrected chi connectivity index (χ2v) is 6.94. The highest BCUT2D eigenvalue weighted by Crippen LogP contribution is 2.19. The summed E-state index contributed by atoms with van der Waals surface area (Å²) in [5, 5.41) is 9.88. The van der Waals surface area contributed by atoms with E-state index in [9.17, 15) is 9.90 Å². The van der Waals surface area contributed by atoms with Crippen molar-refractivity contribution in [2.45, 2.75) is 39.4 Å². The molecule has 23 heavy (non-hydrogen) atoms. The van der Waals surface area contributed by atoms with Crippen LogP contribution >= 0.6 is 0 Å². The van der Waals surface area contributed by atoms with E-state index in [1.807, 2.05) is 49.9 Å². The van der Waals surface area contributed by atoms with E-state index in [0.29, 0.717) is 19.6 Å². The summed E-state index contributed by atoms with van der Waals surface area (Å²) in [6, 6.07) is 7.73. The van der Waals surface area contributed by atoms with Gasteiger partial charge in [0, 0.05) is 32.7 Å². The molecule has 2 rings (SSSR count). The van der Waals surface area contributed by atoms with Crippen LogP contribution in [-0.2, 0) is 4.79 Å². The van der Waals surface area contributed by atoms with Gasteiger partial charge in [0.25, 0.3) is 5.91 Å². The Labute approximate surface area is 138 Å². The smallest absolute Gasteiger partial charge is 0.263 e. The fraction of sp³-hybridized carbons (Fsp3) is 0.611. The van der Waals surface area contributed by atoms with Gasteiger partial charge in [-0.2, -0.15) is 0 Å². The third-order valence-electron chi connectivity index (χ3n) is 4.04. The minimum absolute atomic E-state index is 0.0242. The summed E-state index contributed by atoms with van der Waals surface area (Å²) < 4.78 is 5.82. The normalized spacial score (nSPS) is 17.9. The largest absolute Gasteiger partial charge is 0.481 e. The molecule has 1 aromatic rings. The maximum atomic E-state index is 12.5. The van der Waals surface area contributed by atoms with E-state index in [-0.39, 0.29) is 5.91 Å². The van der Waals surface area contributed by atoms with Crippen molar-refractivity contribution in [1.82, 2.24) is 9.80 Å². The van der Waals surface area contributed by atoms with Crippen molar-refractivity contribution in [2.24, 2.45) is 0 Å². The third-order valence-corrected chi connectivity index (χ3v) is 4.04. The molecule has 1 amide bonds. The number of piperazine rings is 1. The van der Waals surface area contributed by atoms with Crippen LogP contribution in [0.1, 0.15) is 26.3 Å². The molecule has 1 atom stereocenters. The van der Waals surface area contributed by atoms with Crippen molar-refractivity contribution in [3.8, 4) is 5.75 Å². The van der Waals surface area contributed by atoms with E-state index < -0.39 is 11.7 Å². The van der Waals surface area contributed by atoms with Crippen molar-refractivity contribution < 1.29 is 14.6 Å². The zero-order chi connectivity index (χ0) is 17.0. The lowest BCUT2D eigenvalue weighted by molar-refractivity contribution is -0.140. The van der Waals surface area contributed by atoms with Crippen molar-refractivity contribution in [3.05, 3.63) is 29.8 Å². The molecule has 0 spiro atoms. The lowest BCUT2D eigenvalue weighted by Crippen LogP contribution is -2.54. The molecule has 1 saturated heterocycles. The van der Waals surface area contributed by atoms with Crippen LogP contribution in [0.5, 0.6) is 5.75 Å². The Balaban J connectivity index is 1.86. The molecule has 1 unspecified atom stereocenters. The highest BCUT2D eigenvalue weighted by Gasteiger charge is 2.28. The molecule has 1 heterocycles. The average Bonchev–Trinajstić information content (AvgIpc) is 2.48. The zero-order valence-electron chi connectivity index (χ0n) is 14.6. The molecule has 1 aromatic carbocycles. The number of nitrogens with zero attached hydrogens (tertiary/aromatic N) is 2. The Morgan fingerprint density at radius 3 is 2.43 bits per heavy atom. The van der Waals surface area contributed by atoms with Crippen molar-refractivity contribution >= 4 is 5.91 Å². The standard InChI is InChI=1S/C18H28N2O3/c1-14-7-5-6-8-16(14)23-15(2)17(21)20-11-9-19(10-12-20)13-18(3,4)22/h5-8,15,22H,9-13H2,1-4H3. The van der Waals surface area contributed by atoms with Crippen LogP contribution in [0.25, 0.3) is 0 Å². The van der Waals surface area contributed by atoms with E-state index in [1.165, 1.54) is 0 Å². The number of hydrogen-bond donors (Lipinski definition) is 1. The van der Waals surface area contributed by atoms with E-state index >= 15 is 0 Å². The Morgan fingerprint density at radius 2 is 1.87 bits per heavy atom. The second-order valence-electron chi connectivity index (χ2n) is 6.94. The fourth-order valence-electron chi connectivity index (χ4n) is 2.86. The molecule has 0 aromatic heterocycles. The first-order chi connectivity index (χ1) is 10.8. The molecule has 1 aliphatic rings. The van der Waals surface area contributed by atoms with Crippen LogP contribution in [0.4, 0.5) is 0 Å². The third kappa shape index (κ3) is 5.22. The number of aryl methyl sites for hydroxylation is 1. The number of rotatable bonds is 5. The number of amides is 1. The Hall–Kier alpha value is -1.59. The van der Waals surface area contributed by atoms with Gasteiger partial charge in [0.1, 0.15) is 5.75 Å². The number of carbonyl (C=O) groups excluding carboxylic acids is 1. The second kappa shape index (κ2) is 7.32. The fourth-order valence-corrected chi connectivity index (χ4v) is 2.86. The van der Waals surface area contributed by atoms with Crippen LogP contribution in [0.3, 0.4) is 0 Å². The minimum Gasteiger partial charge on any atom is -0.481 e. The van der Waals surface area contributed by atoms with Crippen LogP contribution in [0.2, 0.25) is 0 Å². The number of ether oxygens (including phenoxy) is 1. The minimum atomic E-state index is -0.701. The van der Waals surface area contributed by atoms with Crippen LogP contribution in [0, 0.1) is 6.92 Å². The summed E-state index contributed by atoms with van der Waals surface area (Å²) in [5.41, 5.74) is 0.329. The molecular weight excluding hydrogens is 292 g/mol. The first kappa shape index (κ1) is 17.8. The van der Waals surface area contributed by atoms with Gasteiger partial charge in [-0.3, -0.25) is 9.69 Å². The topological polar surface area (TPSA) is 53.0 Å². The lowest BCUT2D eigenvalue weighted by atomic mass is 10.1. The van der Waals surface area contributed by atoms with Crippen molar-refractivity contribution in [2.75, 3.05) is 32.7 Å². The molecule has 0 aliphatic carbocycles. The number of hydrogen-bond acceptors (Lipinski definition) is 4. The zero-order valence-corrected chi connectivity index (χ0v) is 14.6. The van der Waals surface area contributed by atoms with E-state index in [4.69, 9.17) is 4.74 Å². The molecule has 0 radical (unpaired) electrons. The molecule has 1 N–H and O–H groups in total. The Bertz CT molecular complexity index is 531. The number of β-amino-alcohol motifs (C(OH)–C–C–N with tert-alkyl or cyclic N) is 1. The van der Waals surface area contributed by atoms with Crippen molar-refractivity contribution in [1.29, 1.82) is 0 Å².